The van der Waals surface area contributed by atoms with Crippen LogP contribution in [0.2, 0.25) is 0 Å². The first-order valence-corrected chi connectivity index (χ1v) is 7.73. The standard InChI is InChI=1S/C16H20F3N3O2/c1-10-8-20-7-6-13(10)22-14(23)9-21-15(24)11-4-2-3-5-12(11)16(17,18)19/h2-5,10,13,20H,6-9H2,1H3,(H,21,24)(H,22,23). The summed E-state index contributed by atoms with van der Waals surface area (Å²) in [5.41, 5.74) is -1.51. The lowest BCUT2D eigenvalue weighted by Crippen LogP contribution is -2.50. The Morgan fingerprint density at radius 3 is 2.67 bits per heavy atom. The minimum absolute atomic E-state index is 0.00175. The van der Waals surface area contributed by atoms with Crippen molar-refractivity contribution < 1.29 is 22.8 Å². The van der Waals surface area contributed by atoms with E-state index >= 15 is 0 Å². The van der Waals surface area contributed by atoms with Crippen LogP contribution in [0.3, 0.4) is 0 Å². The number of hydrogen-bond acceptors (Lipinski definition) is 3. The highest BCUT2D eigenvalue weighted by atomic mass is 19.4. The zero-order valence-corrected chi connectivity index (χ0v) is 13.2. The quantitative estimate of drug-likeness (QED) is 0.777. The van der Waals surface area contributed by atoms with Crippen molar-refractivity contribution in [1.82, 2.24) is 16.0 Å². The topological polar surface area (TPSA) is 70.2 Å². The molecule has 0 radical (unpaired) electrons. The van der Waals surface area contributed by atoms with Gasteiger partial charge in [-0.3, -0.25) is 9.59 Å². The molecule has 1 aliphatic heterocycles. The first kappa shape index (κ1) is 18.3. The van der Waals surface area contributed by atoms with Crippen molar-refractivity contribution in [2.45, 2.75) is 25.6 Å². The second kappa shape index (κ2) is 7.65. The lowest BCUT2D eigenvalue weighted by atomic mass is 9.95. The highest BCUT2D eigenvalue weighted by molar-refractivity contribution is 5.97. The summed E-state index contributed by atoms with van der Waals surface area (Å²) in [5, 5.41) is 8.26. The van der Waals surface area contributed by atoms with Crippen LogP contribution in [0.4, 0.5) is 13.2 Å². The van der Waals surface area contributed by atoms with Gasteiger partial charge >= 0.3 is 6.18 Å². The Bertz CT molecular complexity index is 604. The number of amides is 2. The second-order valence-electron chi connectivity index (χ2n) is 5.87. The maximum absolute atomic E-state index is 12.9. The summed E-state index contributed by atoms with van der Waals surface area (Å²) in [5.74, 6) is -1.08. The van der Waals surface area contributed by atoms with E-state index in [0.29, 0.717) is 0 Å². The molecule has 1 aromatic carbocycles. The number of carbonyl (C=O) groups is 2. The molecule has 8 heteroatoms. The molecule has 0 bridgehead atoms. The van der Waals surface area contributed by atoms with Gasteiger partial charge in [-0.1, -0.05) is 19.1 Å². The Labute approximate surface area is 138 Å². The van der Waals surface area contributed by atoms with E-state index in [1.54, 1.807) is 0 Å². The van der Waals surface area contributed by atoms with Gasteiger partial charge in [-0.2, -0.15) is 13.2 Å². The maximum atomic E-state index is 12.9. The number of alkyl halides is 3. The molecule has 2 rings (SSSR count). The number of nitrogens with one attached hydrogen (secondary N) is 3. The van der Waals surface area contributed by atoms with Crippen LogP contribution in [-0.2, 0) is 11.0 Å². The van der Waals surface area contributed by atoms with E-state index in [1.165, 1.54) is 12.1 Å². The third-order valence-corrected chi connectivity index (χ3v) is 4.02. The molecule has 3 N–H and O–H groups in total. The SMILES string of the molecule is CC1CNCCC1NC(=O)CNC(=O)c1ccccc1C(F)(F)F. The largest absolute Gasteiger partial charge is 0.417 e. The van der Waals surface area contributed by atoms with Crippen molar-refractivity contribution in [2.24, 2.45) is 5.92 Å². The highest BCUT2D eigenvalue weighted by Crippen LogP contribution is 2.31. The molecule has 0 saturated carbocycles. The number of piperidine rings is 1. The molecule has 2 unspecified atom stereocenters. The molecule has 1 aliphatic rings. The number of halogens is 3. The van der Waals surface area contributed by atoms with Gasteiger partial charge in [0.05, 0.1) is 17.7 Å². The first-order chi connectivity index (χ1) is 11.3. The Morgan fingerprint density at radius 1 is 1.29 bits per heavy atom. The van der Waals surface area contributed by atoms with Crippen LogP contribution in [0.1, 0.15) is 29.3 Å². The van der Waals surface area contributed by atoms with Gasteiger partial charge in [-0.15, -0.1) is 0 Å². The fraction of sp³-hybridized carbons (Fsp3) is 0.500. The van der Waals surface area contributed by atoms with Crippen molar-refractivity contribution in [2.75, 3.05) is 19.6 Å². The lowest BCUT2D eigenvalue weighted by Gasteiger charge is -2.30. The number of benzene rings is 1. The molecule has 1 fully saturated rings. The second-order valence-corrected chi connectivity index (χ2v) is 5.87. The highest BCUT2D eigenvalue weighted by Gasteiger charge is 2.34. The van der Waals surface area contributed by atoms with Gasteiger partial charge in [0.25, 0.3) is 5.91 Å². The van der Waals surface area contributed by atoms with Gasteiger partial charge in [-0.25, -0.2) is 0 Å². The third kappa shape index (κ3) is 4.70. The van der Waals surface area contributed by atoms with Gasteiger partial charge < -0.3 is 16.0 Å². The molecule has 2 atom stereocenters. The van der Waals surface area contributed by atoms with Gasteiger partial charge in [0.15, 0.2) is 0 Å². The minimum Gasteiger partial charge on any atom is -0.351 e. The molecule has 0 spiro atoms. The molecule has 0 aliphatic carbocycles. The van der Waals surface area contributed by atoms with Crippen molar-refractivity contribution in [3.8, 4) is 0 Å². The van der Waals surface area contributed by atoms with Gasteiger partial charge in [0.1, 0.15) is 0 Å². The normalized spacial score (nSPS) is 21.2. The van der Waals surface area contributed by atoms with E-state index in [9.17, 15) is 22.8 Å². The Balaban J connectivity index is 1.92. The summed E-state index contributed by atoms with van der Waals surface area (Å²) in [7, 11) is 0. The third-order valence-electron chi connectivity index (χ3n) is 4.02. The van der Waals surface area contributed by atoms with Crippen molar-refractivity contribution in [3.63, 3.8) is 0 Å². The number of carbonyl (C=O) groups excluding carboxylic acids is 2. The first-order valence-electron chi connectivity index (χ1n) is 7.73. The van der Waals surface area contributed by atoms with Crippen LogP contribution >= 0.6 is 0 Å². The maximum Gasteiger partial charge on any atom is 0.417 e. The average molecular weight is 343 g/mol. The number of hydrogen-bond donors (Lipinski definition) is 3. The predicted octanol–water partition coefficient (Wildman–Crippen LogP) is 1.55. The van der Waals surface area contributed by atoms with E-state index < -0.39 is 29.1 Å². The molecule has 1 heterocycles. The van der Waals surface area contributed by atoms with Gasteiger partial charge in [-0.05, 0) is 37.6 Å². The Morgan fingerprint density at radius 2 is 2.00 bits per heavy atom. The Hall–Kier alpha value is -2.09. The van der Waals surface area contributed by atoms with Crippen LogP contribution in [0.25, 0.3) is 0 Å². The fourth-order valence-electron chi connectivity index (χ4n) is 2.67. The molecule has 1 aromatic rings. The predicted molar refractivity (Wildman–Crippen MR) is 82.4 cm³/mol. The van der Waals surface area contributed by atoms with Crippen molar-refractivity contribution in [1.29, 1.82) is 0 Å². The van der Waals surface area contributed by atoms with Crippen LogP contribution in [0.15, 0.2) is 24.3 Å². The van der Waals surface area contributed by atoms with Crippen LogP contribution < -0.4 is 16.0 Å². The summed E-state index contributed by atoms with van der Waals surface area (Å²) < 4.78 is 38.7. The molecule has 132 valence electrons. The summed E-state index contributed by atoms with van der Waals surface area (Å²) in [6.45, 7) is 3.22. The van der Waals surface area contributed by atoms with Gasteiger partial charge in [0, 0.05) is 6.04 Å². The van der Waals surface area contributed by atoms with E-state index in [4.69, 9.17) is 0 Å². The summed E-state index contributed by atoms with van der Waals surface area (Å²) in [6.07, 6.45) is -3.85. The molecule has 1 saturated heterocycles. The zero-order valence-electron chi connectivity index (χ0n) is 13.2. The zero-order chi connectivity index (χ0) is 17.7. The minimum atomic E-state index is -4.62. The molecular formula is C16H20F3N3O2. The fourth-order valence-corrected chi connectivity index (χ4v) is 2.67. The van der Waals surface area contributed by atoms with Gasteiger partial charge in [0.2, 0.25) is 5.91 Å². The molecule has 24 heavy (non-hydrogen) atoms. The smallest absolute Gasteiger partial charge is 0.351 e. The molecular weight excluding hydrogens is 323 g/mol. The van der Waals surface area contributed by atoms with Crippen molar-refractivity contribution >= 4 is 11.8 Å². The number of rotatable bonds is 4. The van der Waals surface area contributed by atoms with Crippen LogP contribution in [-0.4, -0.2) is 37.5 Å². The van der Waals surface area contributed by atoms with E-state index in [0.717, 1.165) is 31.6 Å². The monoisotopic (exact) mass is 343 g/mol. The molecule has 0 aromatic heterocycles. The van der Waals surface area contributed by atoms with E-state index in [1.807, 2.05) is 6.92 Å². The van der Waals surface area contributed by atoms with E-state index in [2.05, 4.69) is 16.0 Å². The molecule has 5 nitrogen and oxygen atoms in total. The Kier molecular flexibility index (Phi) is 5.82. The van der Waals surface area contributed by atoms with Crippen LogP contribution in [0.5, 0.6) is 0 Å². The summed E-state index contributed by atoms with van der Waals surface area (Å²) in [4.78, 5) is 23.9. The van der Waals surface area contributed by atoms with E-state index in [-0.39, 0.29) is 18.5 Å². The lowest BCUT2D eigenvalue weighted by molar-refractivity contribution is -0.137. The van der Waals surface area contributed by atoms with Crippen LogP contribution in [0, 0.1) is 5.92 Å². The average Bonchev–Trinajstić information content (AvgIpc) is 2.54. The molecule has 2 amide bonds. The summed E-state index contributed by atoms with van der Waals surface area (Å²) in [6, 6.07) is 4.49. The van der Waals surface area contributed by atoms with Crippen molar-refractivity contribution in [3.05, 3.63) is 35.4 Å². The summed E-state index contributed by atoms with van der Waals surface area (Å²) >= 11 is 0.